The molecule has 0 N–H and O–H groups in total. The molecule has 0 saturated heterocycles. The lowest BCUT2D eigenvalue weighted by Gasteiger charge is -2.27. The van der Waals surface area contributed by atoms with Crippen LogP contribution in [0, 0.1) is 5.92 Å². The van der Waals surface area contributed by atoms with Crippen LogP contribution in [0.4, 0.5) is 4.79 Å². The molecule has 26 heavy (non-hydrogen) atoms. The Balaban J connectivity index is 4.17. The zero-order chi connectivity index (χ0) is 19.8. The van der Waals surface area contributed by atoms with Crippen LogP contribution >= 0.6 is 11.6 Å². The minimum Gasteiger partial charge on any atom is -0.464 e. The third-order valence-corrected chi connectivity index (χ3v) is 4.42. The maximum atomic E-state index is 12.4. The largest absolute Gasteiger partial charge is 0.464 e. The molecule has 0 saturated carbocycles. The zero-order valence-corrected chi connectivity index (χ0v) is 17.9. The number of esters is 1. The van der Waals surface area contributed by atoms with E-state index in [0.29, 0.717) is 13.0 Å². The second-order valence-electron chi connectivity index (χ2n) is 7.20. The highest BCUT2D eigenvalue weighted by molar-refractivity contribution is 6.18. The van der Waals surface area contributed by atoms with Crippen molar-refractivity contribution in [3.63, 3.8) is 0 Å². The Labute approximate surface area is 164 Å². The van der Waals surface area contributed by atoms with Crippen molar-refractivity contribution in [2.75, 3.05) is 26.1 Å². The number of alkyl halides is 1. The van der Waals surface area contributed by atoms with Gasteiger partial charge in [0.05, 0.1) is 12.5 Å². The topological polar surface area (TPSA) is 55.8 Å². The number of carbonyl (C=O) groups is 2. The molecule has 0 rings (SSSR count). The van der Waals surface area contributed by atoms with Crippen LogP contribution in [0.3, 0.4) is 0 Å². The number of nitrogens with zero attached hydrogens (tertiary/aromatic N) is 1. The molecule has 0 spiro atoms. The Hall–Kier alpha value is -0.970. The van der Waals surface area contributed by atoms with Crippen LogP contribution in [-0.4, -0.2) is 49.1 Å². The zero-order valence-electron chi connectivity index (χ0n) is 17.1. The van der Waals surface area contributed by atoms with Crippen molar-refractivity contribution in [2.45, 2.75) is 84.6 Å². The molecular weight excluding hydrogens is 354 g/mol. The summed E-state index contributed by atoms with van der Waals surface area (Å²) in [7, 11) is 1.57. The first-order valence-electron chi connectivity index (χ1n) is 10.1. The predicted molar refractivity (Wildman–Crippen MR) is 107 cm³/mol. The van der Waals surface area contributed by atoms with Crippen LogP contribution < -0.4 is 0 Å². The van der Waals surface area contributed by atoms with E-state index in [1.54, 1.807) is 7.05 Å². The Morgan fingerprint density at radius 2 is 1.50 bits per heavy atom. The molecule has 0 aromatic heterocycles. The molecule has 1 unspecified atom stereocenters. The Kier molecular flexibility index (Phi) is 15.6. The van der Waals surface area contributed by atoms with E-state index in [4.69, 9.17) is 21.1 Å². The minimum atomic E-state index is -0.619. The van der Waals surface area contributed by atoms with E-state index in [1.165, 1.54) is 43.4 Å². The number of rotatable bonds is 15. The predicted octanol–water partition coefficient (Wildman–Crippen LogP) is 5.39. The summed E-state index contributed by atoms with van der Waals surface area (Å²) in [6.45, 7) is 6.78. The van der Waals surface area contributed by atoms with E-state index < -0.39 is 12.1 Å². The molecule has 154 valence electrons. The van der Waals surface area contributed by atoms with E-state index in [2.05, 4.69) is 6.92 Å². The van der Waals surface area contributed by atoms with Gasteiger partial charge in [-0.25, -0.2) is 9.59 Å². The van der Waals surface area contributed by atoms with Gasteiger partial charge in [0.1, 0.15) is 12.6 Å². The normalized spacial score (nSPS) is 12.1. The third kappa shape index (κ3) is 12.4. The van der Waals surface area contributed by atoms with Crippen LogP contribution in [0.1, 0.15) is 78.6 Å². The summed E-state index contributed by atoms with van der Waals surface area (Å²) in [5, 5.41) is 0. The highest BCUT2D eigenvalue weighted by Gasteiger charge is 2.29. The van der Waals surface area contributed by atoms with Gasteiger partial charge in [-0.1, -0.05) is 65.7 Å². The number of likely N-dealkylation sites (N-methyl/N-ethyl adjacent to an activating group) is 1. The van der Waals surface area contributed by atoms with Crippen LogP contribution in [0.25, 0.3) is 0 Å². The van der Waals surface area contributed by atoms with Crippen LogP contribution in [0.15, 0.2) is 0 Å². The summed E-state index contributed by atoms with van der Waals surface area (Å²) >= 11 is 5.53. The van der Waals surface area contributed by atoms with Gasteiger partial charge in [-0.2, -0.15) is 0 Å². The van der Waals surface area contributed by atoms with E-state index in [0.717, 1.165) is 12.8 Å². The van der Waals surface area contributed by atoms with Crippen LogP contribution in [-0.2, 0) is 14.3 Å². The average Bonchev–Trinajstić information content (AvgIpc) is 2.61. The molecule has 0 fully saturated rings. The van der Waals surface area contributed by atoms with Gasteiger partial charge < -0.3 is 9.47 Å². The van der Waals surface area contributed by atoms with Gasteiger partial charge in [0, 0.05) is 7.05 Å². The molecule has 0 aromatic carbocycles. The standard InChI is InChI=1S/C20H38ClNO4/c1-5-6-7-8-9-10-11-12-14-25-19(23)18(16-17(2)3)22(4)20(24)26-15-13-21/h17-18H,5-16H2,1-4H3. The average molecular weight is 392 g/mol. The van der Waals surface area contributed by atoms with E-state index in [1.807, 2.05) is 13.8 Å². The van der Waals surface area contributed by atoms with Crippen molar-refractivity contribution in [1.82, 2.24) is 4.90 Å². The van der Waals surface area contributed by atoms with Crippen LogP contribution in [0.2, 0.25) is 0 Å². The maximum Gasteiger partial charge on any atom is 0.410 e. The lowest BCUT2D eigenvalue weighted by atomic mass is 10.0. The SMILES string of the molecule is CCCCCCCCCCOC(=O)C(CC(C)C)N(C)C(=O)OCCCl. The fraction of sp³-hybridized carbons (Fsp3) is 0.900. The van der Waals surface area contributed by atoms with E-state index in [-0.39, 0.29) is 24.4 Å². The fourth-order valence-electron chi connectivity index (χ4n) is 2.72. The summed E-state index contributed by atoms with van der Waals surface area (Å²) in [6, 6.07) is -0.619. The van der Waals surface area contributed by atoms with Crippen molar-refractivity contribution >= 4 is 23.7 Å². The molecule has 0 heterocycles. The van der Waals surface area contributed by atoms with Crippen molar-refractivity contribution < 1.29 is 19.1 Å². The quantitative estimate of drug-likeness (QED) is 0.213. The molecule has 0 aliphatic rings. The number of unbranched alkanes of at least 4 members (excludes halogenated alkanes) is 7. The molecule has 0 radical (unpaired) electrons. The van der Waals surface area contributed by atoms with Gasteiger partial charge in [0.2, 0.25) is 0 Å². The maximum absolute atomic E-state index is 12.4. The summed E-state index contributed by atoms with van der Waals surface area (Å²) < 4.78 is 10.4. The number of hydrogen-bond acceptors (Lipinski definition) is 4. The van der Waals surface area contributed by atoms with Gasteiger partial charge in [0.25, 0.3) is 0 Å². The molecule has 1 amide bonds. The van der Waals surface area contributed by atoms with Gasteiger partial charge in [-0.15, -0.1) is 11.6 Å². The Bertz CT molecular complexity index is 377. The molecule has 0 aromatic rings. The molecular formula is C20H38ClNO4. The second kappa shape index (κ2) is 16.2. The molecule has 0 bridgehead atoms. The third-order valence-electron chi connectivity index (χ3n) is 4.27. The summed E-state index contributed by atoms with van der Waals surface area (Å²) in [6.07, 6.45) is 9.56. The smallest absolute Gasteiger partial charge is 0.410 e. The van der Waals surface area contributed by atoms with Gasteiger partial charge in [-0.3, -0.25) is 4.90 Å². The minimum absolute atomic E-state index is 0.131. The summed E-state index contributed by atoms with van der Waals surface area (Å²) in [5.74, 6) is 0.142. The Morgan fingerprint density at radius 3 is 2.04 bits per heavy atom. The van der Waals surface area contributed by atoms with E-state index >= 15 is 0 Å². The number of amides is 1. The summed E-state index contributed by atoms with van der Waals surface area (Å²) in [4.78, 5) is 25.7. The number of hydrogen-bond donors (Lipinski definition) is 0. The lowest BCUT2D eigenvalue weighted by Crippen LogP contribution is -2.44. The van der Waals surface area contributed by atoms with Crippen LogP contribution in [0.5, 0.6) is 0 Å². The molecule has 1 atom stereocenters. The fourth-order valence-corrected chi connectivity index (χ4v) is 2.80. The Morgan fingerprint density at radius 1 is 0.923 bits per heavy atom. The van der Waals surface area contributed by atoms with Gasteiger partial charge in [0.15, 0.2) is 0 Å². The highest BCUT2D eigenvalue weighted by Crippen LogP contribution is 2.14. The number of ether oxygens (including phenoxy) is 2. The molecule has 6 heteroatoms. The van der Waals surface area contributed by atoms with Gasteiger partial charge >= 0.3 is 12.1 Å². The van der Waals surface area contributed by atoms with Crippen molar-refractivity contribution in [3.8, 4) is 0 Å². The first-order chi connectivity index (χ1) is 12.4. The molecule has 5 nitrogen and oxygen atoms in total. The van der Waals surface area contributed by atoms with E-state index in [9.17, 15) is 9.59 Å². The van der Waals surface area contributed by atoms with Gasteiger partial charge in [-0.05, 0) is 18.8 Å². The summed E-state index contributed by atoms with van der Waals surface area (Å²) in [5.41, 5.74) is 0. The monoisotopic (exact) mass is 391 g/mol. The first kappa shape index (κ1) is 25.0. The first-order valence-corrected chi connectivity index (χ1v) is 10.6. The number of carbonyl (C=O) groups excluding carboxylic acids is 2. The lowest BCUT2D eigenvalue weighted by molar-refractivity contribution is -0.149. The highest BCUT2D eigenvalue weighted by atomic mass is 35.5. The van der Waals surface area contributed by atoms with Crippen molar-refractivity contribution in [1.29, 1.82) is 0 Å². The number of halogens is 1. The molecule has 0 aliphatic carbocycles. The van der Waals surface area contributed by atoms with Crippen molar-refractivity contribution in [3.05, 3.63) is 0 Å². The second-order valence-corrected chi connectivity index (χ2v) is 7.58. The molecule has 0 aliphatic heterocycles. The van der Waals surface area contributed by atoms with Crippen molar-refractivity contribution in [2.24, 2.45) is 5.92 Å².